The molecule has 0 aromatic carbocycles. The molecular formula is C4H5Cl3N4O2. The highest BCUT2D eigenvalue weighted by molar-refractivity contribution is 6.75. The van der Waals surface area contributed by atoms with Gasteiger partial charge in [0.05, 0.1) is 5.97 Å². The van der Waals surface area contributed by atoms with Crippen LogP contribution in [0.1, 0.15) is 0 Å². The maximum atomic E-state index is 9.51. The van der Waals surface area contributed by atoms with E-state index in [-0.39, 0.29) is 0 Å². The van der Waals surface area contributed by atoms with E-state index in [1.807, 2.05) is 0 Å². The first-order valence-electron chi connectivity index (χ1n) is 2.78. The molecule has 1 rings (SSSR count). The number of hydrogen-bond donors (Lipinski definition) is 2. The van der Waals surface area contributed by atoms with Crippen LogP contribution >= 0.6 is 34.8 Å². The van der Waals surface area contributed by atoms with Crippen molar-refractivity contribution in [3.05, 3.63) is 6.33 Å². The third-order valence-electron chi connectivity index (χ3n) is 0.701. The van der Waals surface area contributed by atoms with E-state index in [1.54, 1.807) is 0 Å². The molecule has 9 heteroatoms. The molecule has 1 heterocycles. The average Bonchev–Trinajstić information content (AvgIpc) is 2.38. The number of hydrogen-bond acceptors (Lipinski definition) is 4. The van der Waals surface area contributed by atoms with Crippen molar-refractivity contribution < 1.29 is 14.9 Å². The molecule has 13 heavy (non-hydrogen) atoms. The van der Waals surface area contributed by atoms with Crippen molar-refractivity contribution in [3.8, 4) is 0 Å². The Hall–Kier alpha value is -0.720. The number of H-pyrrole nitrogens is 2. The Morgan fingerprint density at radius 2 is 2.15 bits per heavy atom. The zero-order chi connectivity index (χ0) is 10.5. The lowest BCUT2D eigenvalue weighted by atomic mass is 10.8. The van der Waals surface area contributed by atoms with Crippen molar-refractivity contribution in [2.24, 2.45) is 0 Å². The molecule has 0 fully saturated rings. The van der Waals surface area contributed by atoms with Gasteiger partial charge in [-0.05, 0) is 5.10 Å². The van der Waals surface area contributed by atoms with Crippen LogP contribution in [0.15, 0.2) is 6.33 Å². The predicted octanol–water partition coefficient (Wildman–Crippen LogP) is -1.09. The summed E-state index contributed by atoms with van der Waals surface area (Å²) in [5.74, 6) is -1.23. The van der Waals surface area contributed by atoms with Crippen molar-refractivity contribution in [1.29, 1.82) is 0 Å². The second-order valence-electron chi connectivity index (χ2n) is 1.71. The lowest BCUT2D eigenvalue weighted by molar-refractivity contribution is -0.360. The van der Waals surface area contributed by atoms with Crippen LogP contribution in [0.2, 0.25) is 0 Å². The molecule has 0 spiro atoms. The first-order valence-corrected chi connectivity index (χ1v) is 3.92. The molecule has 1 aromatic heterocycles. The Labute approximate surface area is 88.0 Å². The van der Waals surface area contributed by atoms with E-state index >= 15 is 0 Å². The normalized spacial score (nSPS) is 10.1. The van der Waals surface area contributed by atoms with Gasteiger partial charge in [0.15, 0.2) is 0 Å². The summed E-state index contributed by atoms with van der Waals surface area (Å²) in [7, 11) is 0. The fourth-order valence-corrected chi connectivity index (χ4v) is 0.236. The van der Waals surface area contributed by atoms with Crippen LogP contribution in [-0.4, -0.2) is 20.0 Å². The fourth-order valence-electron chi connectivity index (χ4n) is 0.236. The Morgan fingerprint density at radius 1 is 1.69 bits per heavy atom. The lowest BCUT2D eigenvalue weighted by Crippen LogP contribution is -2.35. The smallest absolute Gasteiger partial charge is 0.337 e. The van der Waals surface area contributed by atoms with Crippen LogP contribution in [0.25, 0.3) is 0 Å². The van der Waals surface area contributed by atoms with Crippen molar-refractivity contribution in [2.75, 3.05) is 5.73 Å². The van der Waals surface area contributed by atoms with Gasteiger partial charge in [0.25, 0.3) is 0 Å². The first-order chi connectivity index (χ1) is 5.84. The predicted molar refractivity (Wildman–Crippen MR) is 44.9 cm³/mol. The molecule has 0 saturated heterocycles. The van der Waals surface area contributed by atoms with Crippen molar-refractivity contribution in [1.82, 2.24) is 10.2 Å². The monoisotopic (exact) mass is 246 g/mol. The van der Waals surface area contributed by atoms with Crippen LogP contribution in [0.4, 0.5) is 5.95 Å². The molecule has 4 N–H and O–H groups in total. The minimum atomic E-state index is -2.28. The number of carbonyl (C=O) groups excluding carboxylic acids is 1. The largest absolute Gasteiger partial charge is 0.545 e. The number of halogens is 3. The lowest BCUT2D eigenvalue weighted by Gasteiger charge is -2.09. The number of rotatable bonds is 0. The second kappa shape index (κ2) is 5.11. The average molecular weight is 247 g/mol. The molecule has 6 nitrogen and oxygen atoms in total. The fraction of sp³-hybridized carbons (Fsp3) is 0.250. The van der Waals surface area contributed by atoms with Gasteiger partial charge in [-0.15, -0.1) is 5.10 Å². The number of anilines is 1. The number of carboxylic acids is 1. The number of aromatic amines is 2. The van der Waals surface area contributed by atoms with Crippen molar-refractivity contribution in [2.45, 2.75) is 3.79 Å². The number of aromatic nitrogens is 3. The minimum Gasteiger partial charge on any atom is -0.545 e. The summed E-state index contributed by atoms with van der Waals surface area (Å²) in [5.41, 5.74) is 5.10. The zero-order valence-electron chi connectivity index (χ0n) is 6.05. The number of carbonyl (C=O) groups is 1. The Morgan fingerprint density at radius 3 is 2.23 bits per heavy atom. The molecule has 0 aliphatic rings. The molecule has 0 atom stereocenters. The number of aliphatic carboxylic acids is 1. The van der Waals surface area contributed by atoms with E-state index < -0.39 is 9.76 Å². The van der Waals surface area contributed by atoms with E-state index in [0.717, 1.165) is 0 Å². The minimum absolute atomic E-state index is 0.481. The topological polar surface area (TPSA) is 109 Å². The molecule has 0 radical (unpaired) electrons. The summed E-state index contributed by atoms with van der Waals surface area (Å²) < 4.78 is -2.28. The Bertz CT molecular complexity index is 257. The van der Waals surface area contributed by atoms with Gasteiger partial charge in [-0.1, -0.05) is 34.8 Å². The molecule has 1 aromatic rings. The van der Waals surface area contributed by atoms with Crippen LogP contribution in [-0.2, 0) is 4.79 Å². The van der Waals surface area contributed by atoms with E-state index in [1.165, 1.54) is 6.33 Å². The van der Waals surface area contributed by atoms with Gasteiger partial charge < -0.3 is 15.6 Å². The quantitative estimate of drug-likeness (QED) is 0.568. The van der Waals surface area contributed by atoms with Gasteiger partial charge >= 0.3 is 5.95 Å². The summed E-state index contributed by atoms with van der Waals surface area (Å²) >= 11 is 14.2. The molecule has 74 valence electrons. The van der Waals surface area contributed by atoms with Gasteiger partial charge in [0.2, 0.25) is 10.1 Å². The number of nitrogens with zero attached hydrogens (tertiary/aromatic N) is 1. The first kappa shape index (κ1) is 12.3. The SMILES string of the molecule is Nc1[nH]nc[nH+]1.O=C([O-])C(Cl)(Cl)Cl. The highest BCUT2D eigenvalue weighted by Crippen LogP contribution is 2.24. The number of nitrogens with one attached hydrogen (secondary N) is 2. The Kier molecular flexibility index (Phi) is 4.82. The summed E-state index contributed by atoms with van der Waals surface area (Å²) in [6, 6.07) is 0. The van der Waals surface area contributed by atoms with Crippen LogP contribution < -0.4 is 15.8 Å². The van der Waals surface area contributed by atoms with E-state index in [2.05, 4.69) is 15.2 Å². The van der Waals surface area contributed by atoms with E-state index in [4.69, 9.17) is 40.5 Å². The van der Waals surface area contributed by atoms with E-state index in [0.29, 0.717) is 5.95 Å². The third kappa shape index (κ3) is 6.44. The van der Waals surface area contributed by atoms with Crippen molar-refractivity contribution >= 4 is 46.7 Å². The summed E-state index contributed by atoms with van der Waals surface area (Å²) in [4.78, 5) is 12.1. The van der Waals surface area contributed by atoms with Gasteiger partial charge in [-0.25, -0.2) is 4.98 Å². The highest BCUT2D eigenvalue weighted by Gasteiger charge is 2.20. The van der Waals surface area contributed by atoms with Crippen LogP contribution in [0, 0.1) is 0 Å². The maximum absolute atomic E-state index is 9.51. The van der Waals surface area contributed by atoms with Crippen LogP contribution in [0.5, 0.6) is 0 Å². The highest BCUT2D eigenvalue weighted by atomic mass is 35.6. The number of nitrogen functional groups attached to an aromatic ring is 1. The molecular weight excluding hydrogens is 242 g/mol. The molecule has 0 bridgehead atoms. The molecule has 0 saturated carbocycles. The van der Waals surface area contributed by atoms with Crippen LogP contribution in [0.3, 0.4) is 0 Å². The number of carboxylic acid groups (broad SMARTS) is 1. The van der Waals surface area contributed by atoms with Crippen molar-refractivity contribution in [3.63, 3.8) is 0 Å². The van der Waals surface area contributed by atoms with Gasteiger partial charge in [-0.3, -0.25) is 0 Å². The van der Waals surface area contributed by atoms with Gasteiger partial charge in [-0.2, -0.15) is 0 Å². The standard InChI is InChI=1S/C2HCl3O2.C2H4N4/c3-2(4,5)1(6)7;3-2-4-1-5-6-2/h(H,6,7);1H,(H3,3,4,5,6). The molecule has 0 aliphatic carbocycles. The molecule has 0 unspecified atom stereocenters. The summed E-state index contributed by atoms with van der Waals surface area (Å²) in [6.45, 7) is 0. The molecule has 0 amide bonds. The maximum Gasteiger partial charge on any atom is 0.337 e. The van der Waals surface area contributed by atoms with Gasteiger partial charge in [0.1, 0.15) is 0 Å². The van der Waals surface area contributed by atoms with E-state index in [9.17, 15) is 9.90 Å². The van der Waals surface area contributed by atoms with Gasteiger partial charge in [0, 0.05) is 0 Å². The number of nitrogens with two attached hydrogens (primary N) is 1. The zero-order valence-corrected chi connectivity index (χ0v) is 8.32. The summed E-state index contributed by atoms with van der Waals surface area (Å²) in [5, 5.41) is 15.5. The molecule has 0 aliphatic heterocycles. The Balaban J connectivity index is 0.000000223. The third-order valence-corrected chi connectivity index (χ3v) is 1.16. The number of alkyl halides is 3. The second-order valence-corrected chi connectivity index (χ2v) is 3.99. The summed E-state index contributed by atoms with van der Waals surface area (Å²) in [6.07, 6.45) is 1.48.